The Morgan fingerprint density at radius 3 is 2.39 bits per heavy atom. The van der Waals surface area contributed by atoms with E-state index in [1.54, 1.807) is 24.3 Å². The van der Waals surface area contributed by atoms with E-state index in [4.69, 9.17) is 0 Å². The van der Waals surface area contributed by atoms with Crippen molar-refractivity contribution in [2.75, 3.05) is 6.54 Å². The fraction of sp³-hybridized carbons (Fsp3) is 0.250. The number of aliphatic carboxylic acids is 1. The van der Waals surface area contributed by atoms with Gasteiger partial charge in [-0.1, -0.05) is 49.4 Å². The van der Waals surface area contributed by atoms with Gasteiger partial charge in [0.2, 0.25) is 5.91 Å². The maximum absolute atomic E-state index is 12.4. The summed E-state index contributed by atoms with van der Waals surface area (Å²) in [5.41, 5.74) is 1.12. The second-order valence-corrected chi connectivity index (χ2v) is 6.48. The quantitative estimate of drug-likeness (QED) is 0.617. The highest BCUT2D eigenvalue weighted by atomic mass is 16.4. The van der Waals surface area contributed by atoms with Crippen molar-refractivity contribution >= 4 is 11.9 Å². The van der Waals surface area contributed by atoms with Crippen LogP contribution in [0.1, 0.15) is 24.5 Å². The molecular weight excluding hydrogens is 358 g/mol. The first kappa shape index (κ1) is 19.2. The smallest absolute Gasteiger partial charge is 0.315 e. The zero-order valence-electron chi connectivity index (χ0n) is 15.4. The molecule has 1 aromatic heterocycles. The van der Waals surface area contributed by atoms with E-state index in [2.05, 4.69) is 20.8 Å². The van der Waals surface area contributed by atoms with Crippen LogP contribution in [0.25, 0.3) is 5.69 Å². The predicted octanol–water partition coefficient (Wildman–Crippen LogP) is 1.75. The Hall–Kier alpha value is -3.55. The van der Waals surface area contributed by atoms with E-state index >= 15 is 0 Å². The van der Waals surface area contributed by atoms with Crippen LogP contribution in [0.15, 0.2) is 60.9 Å². The van der Waals surface area contributed by atoms with Gasteiger partial charge in [-0.05, 0) is 40.1 Å². The van der Waals surface area contributed by atoms with Crippen molar-refractivity contribution in [1.82, 2.24) is 25.5 Å². The predicted molar refractivity (Wildman–Crippen MR) is 102 cm³/mol. The molecule has 0 bridgehead atoms. The number of aromatic nitrogens is 4. The lowest BCUT2D eigenvalue weighted by atomic mass is 9.78. The van der Waals surface area contributed by atoms with Gasteiger partial charge in [-0.3, -0.25) is 9.59 Å². The molecule has 1 amide bonds. The fourth-order valence-corrected chi connectivity index (χ4v) is 3.08. The molecule has 8 heteroatoms. The molecule has 1 heterocycles. The first-order valence-corrected chi connectivity index (χ1v) is 8.93. The highest BCUT2D eigenvalue weighted by Gasteiger charge is 2.38. The van der Waals surface area contributed by atoms with Gasteiger partial charge in [0.1, 0.15) is 11.7 Å². The number of amides is 1. The summed E-state index contributed by atoms with van der Waals surface area (Å²) in [6.07, 6.45) is 2.01. The molecule has 0 saturated heterocycles. The summed E-state index contributed by atoms with van der Waals surface area (Å²) in [5.74, 6) is -1.18. The Balaban J connectivity index is 1.66. The van der Waals surface area contributed by atoms with Crippen LogP contribution in [0.5, 0.6) is 0 Å². The number of tetrazole rings is 1. The molecule has 0 aliphatic carbocycles. The van der Waals surface area contributed by atoms with Crippen molar-refractivity contribution in [3.8, 4) is 5.69 Å². The van der Waals surface area contributed by atoms with E-state index in [0.29, 0.717) is 12.0 Å². The molecule has 144 valence electrons. The third kappa shape index (κ3) is 4.06. The Morgan fingerprint density at radius 2 is 1.82 bits per heavy atom. The third-order valence-corrected chi connectivity index (χ3v) is 4.84. The zero-order chi connectivity index (χ0) is 20.0. The van der Waals surface area contributed by atoms with Crippen LogP contribution in [0.4, 0.5) is 0 Å². The minimum atomic E-state index is -1.15. The summed E-state index contributed by atoms with van der Waals surface area (Å²) in [7, 11) is 0. The fourth-order valence-electron chi connectivity index (χ4n) is 3.08. The van der Waals surface area contributed by atoms with E-state index in [0.717, 1.165) is 11.3 Å². The number of hydrogen-bond acceptors (Lipinski definition) is 5. The van der Waals surface area contributed by atoms with Crippen molar-refractivity contribution in [2.45, 2.75) is 25.2 Å². The van der Waals surface area contributed by atoms with E-state index in [9.17, 15) is 14.7 Å². The Morgan fingerprint density at radius 1 is 1.11 bits per heavy atom. The van der Waals surface area contributed by atoms with Crippen LogP contribution in [0.3, 0.4) is 0 Å². The largest absolute Gasteiger partial charge is 0.481 e. The van der Waals surface area contributed by atoms with Gasteiger partial charge in [-0.15, -0.1) is 5.10 Å². The van der Waals surface area contributed by atoms with Gasteiger partial charge in [0.15, 0.2) is 0 Å². The third-order valence-electron chi connectivity index (χ3n) is 4.84. The standard InChI is InChI=1S/C20H21N5O3/c1-2-20(19(27)28,16-6-4-3-5-7-16)13-21-18(26)12-15-8-10-17(11-9-15)25-14-22-23-24-25/h3-11,14H,2,12-13H2,1H3,(H,21,26)(H,27,28). The van der Waals surface area contributed by atoms with Crippen molar-refractivity contribution in [2.24, 2.45) is 0 Å². The molecule has 0 radical (unpaired) electrons. The Labute approximate surface area is 162 Å². The van der Waals surface area contributed by atoms with Crippen LogP contribution in [-0.4, -0.2) is 43.7 Å². The molecule has 0 spiro atoms. The van der Waals surface area contributed by atoms with Gasteiger partial charge < -0.3 is 10.4 Å². The average Bonchev–Trinajstić information content (AvgIpc) is 3.25. The first-order valence-electron chi connectivity index (χ1n) is 8.93. The van der Waals surface area contributed by atoms with Crippen LogP contribution < -0.4 is 5.32 Å². The summed E-state index contributed by atoms with van der Waals surface area (Å²) in [4.78, 5) is 24.4. The summed E-state index contributed by atoms with van der Waals surface area (Å²) in [6.45, 7) is 1.84. The molecule has 28 heavy (non-hydrogen) atoms. The van der Waals surface area contributed by atoms with Gasteiger partial charge in [0, 0.05) is 6.54 Å². The SMILES string of the molecule is CCC(CNC(=O)Cc1ccc(-n2cnnn2)cc1)(C(=O)O)c1ccccc1. The maximum atomic E-state index is 12.4. The maximum Gasteiger partial charge on any atom is 0.315 e. The molecule has 2 N–H and O–H groups in total. The molecule has 1 atom stereocenters. The number of nitrogens with one attached hydrogen (secondary N) is 1. The van der Waals surface area contributed by atoms with Gasteiger partial charge in [-0.25, -0.2) is 4.68 Å². The number of carboxylic acids is 1. The van der Waals surface area contributed by atoms with E-state index in [1.165, 1.54) is 11.0 Å². The second kappa shape index (κ2) is 8.43. The number of carbonyl (C=O) groups is 2. The molecule has 0 aliphatic rings. The highest BCUT2D eigenvalue weighted by Crippen LogP contribution is 2.27. The van der Waals surface area contributed by atoms with Gasteiger partial charge in [0.05, 0.1) is 12.1 Å². The van der Waals surface area contributed by atoms with E-state index in [1.807, 2.05) is 37.3 Å². The molecule has 8 nitrogen and oxygen atoms in total. The topological polar surface area (TPSA) is 110 Å². The molecule has 2 aromatic carbocycles. The summed E-state index contributed by atoms with van der Waals surface area (Å²) < 4.78 is 1.52. The number of nitrogens with zero attached hydrogens (tertiary/aromatic N) is 4. The normalized spacial score (nSPS) is 12.9. The summed E-state index contributed by atoms with van der Waals surface area (Å²) in [5, 5.41) is 23.6. The highest BCUT2D eigenvalue weighted by molar-refractivity contribution is 5.84. The summed E-state index contributed by atoms with van der Waals surface area (Å²) in [6, 6.07) is 16.3. The van der Waals surface area contributed by atoms with Crippen molar-refractivity contribution < 1.29 is 14.7 Å². The van der Waals surface area contributed by atoms with Crippen molar-refractivity contribution in [3.63, 3.8) is 0 Å². The number of hydrogen-bond donors (Lipinski definition) is 2. The lowest BCUT2D eigenvalue weighted by Gasteiger charge is -2.29. The average molecular weight is 379 g/mol. The van der Waals surface area contributed by atoms with Crippen LogP contribution >= 0.6 is 0 Å². The minimum absolute atomic E-state index is 0.0321. The van der Waals surface area contributed by atoms with E-state index < -0.39 is 11.4 Å². The van der Waals surface area contributed by atoms with Gasteiger partial charge >= 0.3 is 5.97 Å². The molecule has 0 aliphatic heterocycles. The first-order chi connectivity index (χ1) is 13.5. The van der Waals surface area contributed by atoms with Crippen LogP contribution in [-0.2, 0) is 21.4 Å². The number of carboxylic acid groups (broad SMARTS) is 1. The Kier molecular flexibility index (Phi) is 5.78. The molecule has 3 aromatic rings. The number of benzene rings is 2. The second-order valence-electron chi connectivity index (χ2n) is 6.48. The summed E-state index contributed by atoms with van der Waals surface area (Å²) >= 11 is 0. The molecule has 1 unspecified atom stereocenters. The van der Waals surface area contributed by atoms with Gasteiger partial charge in [0.25, 0.3) is 0 Å². The van der Waals surface area contributed by atoms with Gasteiger partial charge in [-0.2, -0.15) is 0 Å². The monoisotopic (exact) mass is 379 g/mol. The molecule has 0 fully saturated rings. The van der Waals surface area contributed by atoms with E-state index in [-0.39, 0.29) is 18.9 Å². The number of carbonyl (C=O) groups excluding carboxylic acids is 1. The molecular formula is C20H21N5O3. The van der Waals surface area contributed by atoms with Crippen molar-refractivity contribution in [3.05, 3.63) is 72.1 Å². The van der Waals surface area contributed by atoms with Crippen LogP contribution in [0, 0.1) is 0 Å². The molecule has 0 saturated carbocycles. The van der Waals surface area contributed by atoms with Crippen molar-refractivity contribution in [1.29, 1.82) is 0 Å². The molecule has 3 rings (SSSR count). The lowest BCUT2D eigenvalue weighted by Crippen LogP contribution is -2.46. The zero-order valence-corrected chi connectivity index (χ0v) is 15.4. The lowest BCUT2D eigenvalue weighted by molar-refractivity contribution is -0.144. The van der Waals surface area contributed by atoms with Crippen LogP contribution in [0.2, 0.25) is 0 Å². The Bertz CT molecular complexity index is 926. The minimum Gasteiger partial charge on any atom is -0.481 e. The number of rotatable bonds is 8.